The van der Waals surface area contributed by atoms with Crippen LogP contribution < -0.4 is 5.32 Å². The number of aromatic nitrogens is 1. The van der Waals surface area contributed by atoms with E-state index in [1.807, 2.05) is 17.5 Å². The number of aryl methyl sites for hydroxylation is 2. The lowest BCUT2D eigenvalue weighted by atomic mass is 10.1. The Bertz CT molecular complexity index is 693. The van der Waals surface area contributed by atoms with Crippen molar-refractivity contribution < 1.29 is 14.3 Å². The molecule has 0 radical (unpaired) electrons. The first kappa shape index (κ1) is 17.4. The van der Waals surface area contributed by atoms with E-state index in [4.69, 9.17) is 16.3 Å². The number of pyridine rings is 1. The van der Waals surface area contributed by atoms with Gasteiger partial charge >= 0.3 is 5.97 Å². The lowest BCUT2D eigenvalue weighted by molar-refractivity contribution is -0.129. The Morgan fingerprint density at radius 3 is 2.78 bits per heavy atom. The van der Waals surface area contributed by atoms with Crippen LogP contribution in [0, 0.1) is 13.8 Å². The van der Waals surface area contributed by atoms with Crippen LogP contribution in [0.3, 0.4) is 0 Å². The Morgan fingerprint density at radius 1 is 1.43 bits per heavy atom. The quantitative estimate of drug-likeness (QED) is 0.662. The summed E-state index contributed by atoms with van der Waals surface area (Å²) in [4.78, 5) is 29.3. The minimum Gasteiger partial charge on any atom is -0.449 e. The van der Waals surface area contributed by atoms with Gasteiger partial charge in [0.15, 0.2) is 6.10 Å². The summed E-state index contributed by atoms with van der Waals surface area (Å²) in [6, 6.07) is 5.57. The summed E-state index contributed by atoms with van der Waals surface area (Å²) in [5, 5.41) is 4.74. The molecule has 0 unspecified atom stereocenters. The van der Waals surface area contributed by atoms with Gasteiger partial charge in [0.05, 0.1) is 12.1 Å². The van der Waals surface area contributed by atoms with Crippen molar-refractivity contribution in [2.45, 2.75) is 33.4 Å². The molecule has 0 aliphatic rings. The normalized spacial score (nSPS) is 11.8. The molecule has 0 bridgehead atoms. The average molecular weight is 353 g/mol. The average Bonchev–Trinajstić information content (AvgIpc) is 2.96. The van der Waals surface area contributed by atoms with Crippen molar-refractivity contribution in [2.75, 3.05) is 0 Å². The fourth-order valence-electron chi connectivity index (χ4n) is 2.04. The van der Waals surface area contributed by atoms with Gasteiger partial charge in [0.1, 0.15) is 5.15 Å². The number of halogens is 1. The summed E-state index contributed by atoms with van der Waals surface area (Å²) in [7, 11) is 0. The van der Waals surface area contributed by atoms with E-state index >= 15 is 0 Å². The van der Waals surface area contributed by atoms with Crippen LogP contribution in [-0.4, -0.2) is 23.0 Å². The lowest BCUT2D eigenvalue weighted by Gasteiger charge is -2.14. The molecule has 2 aromatic heterocycles. The Balaban J connectivity index is 1.98. The third-order valence-corrected chi connectivity index (χ3v) is 4.32. The van der Waals surface area contributed by atoms with Crippen LogP contribution in [0.25, 0.3) is 0 Å². The minimum atomic E-state index is -0.917. The number of carbonyl (C=O) groups excluding carboxylic acids is 2. The van der Waals surface area contributed by atoms with E-state index in [1.54, 1.807) is 31.3 Å². The first-order chi connectivity index (χ1) is 10.9. The highest BCUT2D eigenvalue weighted by molar-refractivity contribution is 7.09. The molecule has 5 nitrogen and oxygen atoms in total. The zero-order valence-corrected chi connectivity index (χ0v) is 14.6. The number of rotatable bonds is 5. The van der Waals surface area contributed by atoms with Crippen LogP contribution in [0.2, 0.25) is 5.15 Å². The Labute approximate surface area is 143 Å². The zero-order chi connectivity index (χ0) is 17.0. The maximum absolute atomic E-state index is 12.2. The molecule has 2 aromatic rings. The van der Waals surface area contributed by atoms with Gasteiger partial charge < -0.3 is 10.1 Å². The van der Waals surface area contributed by atoms with E-state index in [1.165, 1.54) is 6.92 Å². The summed E-state index contributed by atoms with van der Waals surface area (Å²) in [5.41, 5.74) is 1.57. The molecular formula is C16H17ClN2O3S. The van der Waals surface area contributed by atoms with Gasteiger partial charge in [-0.2, -0.15) is 0 Å². The summed E-state index contributed by atoms with van der Waals surface area (Å²) in [6.45, 7) is 5.46. The van der Waals surface area contributed by atoms with E-state index in [0.29, 0.717) is 17.8 Å². The van der Waals surface area contributed by atoms with Crippen LogP contribution in [-0.2, 0) is 16.1 Å². The Morgan fingerprint density at radius 2 is 2.17 bits per heavy atom. The Hall–Kier alpha value is -1.92. The highest BCUT2D eigenvalue weighted by atomic mass is 35.5. The van der Waals surface area contributed by atoms with Crippen LogP contribution in [0.5, 0.6) is 0 Å². The second-order valence-electron chi connectivity index (χ2n) is 5.09. The largest absolute Gasteiger partial charge is 0.449 e. The lowest BCUT2D eigenvalue weighted by Crippen LogP contribution is -2.35. The molecule has 0 aromatic carbocycles. The van der Waals surface area contributed by atoms with Gasteiger partial charge in [0, 0.05) is 10.6 Å². The van der Waals surface area contributed by atoms with E-state index in [-0.39, 0.29) is 16.6 Å². The van der Waals surface area contributed by atoms with Crippen molar-refractivity contribution in [2.24, 2.45) is 0 Å². The fourth-order valence-corrected chi connectivity index (χ4v) is 3.04. The van der Waals surface area contributed by atoms with E-state index in [0.717, 1.165) is 4.88 Å². The number of nitrogens with zero attached hydrogens (tertiary/aromatic N) is 1. The number of nitrogens with one attached hydrogen (secondary N) is 1. The monoisotopic (exact) mass is 352 g/mol. The summed E-state index contributed by atoms with van der Waals surface area (Å²) >= 11 is 7.55. The van der Waals surface area contributed by atoms with Crippen LogP contribution in [0.15, 0.2) is 23.6 Å². The first-order valence-corrected chi connectivity index (χ1v) is 8.29. The number of thiophene rings is 1. The van der Waals surface area contributed by atoms with Crippen molar-refractivity contribution in [1.82, 2.24) is 10.3 Å². The van der Waals surface area contributed by atoms with E-state index < -0.39 is 12.1 Å². The number of ether oxygens (including phenoxy) is 1. The molecule has 2 heterocycles. The van der Waals surface area contributed by atoms with Gasteiger partial charge in [0.25, 0.3) is 5.91 Å². The van der Waals surface area contributed by atoms with Gasteiger partial charge in [-0.1, -0.05) is 17.7 Å². The molecule has 2 rings (SSSR count). The third kappa shape index (κ3) is 4.53. The van der Waals surface area contributed by atoms with Gasteiger partial charge in [0.2, 0.25) is 0 Å². The fraction of sp³-hybridized carbons (Fsp3) is 0.312. The topological polar surface area (TPSA) is 68.3 Å². The van der Waals surface area contributed by atoms with Crippen molar-refractivity contribution in [3.05, 3.63) is 50.4 Å². The molecule has 0 saturated heterocycles. The molecule has 0 aliphatic heterocycles. The summed E-state index contributed by atoms with van der Waals surface area (Å²) in [6.07, 6.45) is -0.917. The molecule has 1 atom stereocenters. The number of amides is 1. The van der Waals surface area contributed by atoms with E-state index in [9.17, 15) is 9.59 Å². The highest BCUT2D eigenvalue weighted by Gasteiger charge is 2.22. The van der Waals surface area contributed by atoms with Gasteiger partial charge in [-0.05, 0) is 43.8 Å². The van der Waals surface area contributed by atoms with Gasteiger partial charge in [-0.25, -0.2) is 9.78 Å². The minimum absolute atomic E-state index is 0.0821. The maximum Gasteiger partial charge on any atom is 0.342 e. The number of carbonyl (C=O) groups is 2. The second-order valence-corrected chi connectivity index (χ2v) is 6.48. The number of esters is 1. The SMILES string of the molecule is Cc1cc(C)c(C(=O)O[C@@H](C)C(=O)NCc2cccs2)c(Cl)n1. The standard InChI is InChI=1S/C16H17ClN2O3S/c1-9-7-10(2)19-14(17)13(9)16(21)22-11(3)15(20)18-8-12-5-4-6-23-12/h4-7,11H,8H2,1-3H3,(H,18,20)/t11-/m0/s1. The highest BCUT2D eigenvalue weighted by Crippen LogP contribution is 2.20. The van der Waals surface area contributed by atoms with Crippen molar-refractivity contribution in [3.8, 4) is 0 Å². The third-order valence-electron chi connectivity index (χ3n) is 3.17. The molecule has 0 saturated carbocycles. The predicted octanol–water partition coefficient (Wildman–Crippen LogP) is 3.28. The first-order valence-electron chi connectivity index (χ1n) is 7.03. The predicted molar refractivity (Wildman–Crippen MR) is 89.8 cm³/mol. The van der Waals surface area contributed by atoms with Crippen molar-refractivity contribution in [1.29, 1.82) is 0 Å². The molecule has 1 amide bonds. The molecule has 0 fully saturated rings. The second kappa shape index (κ2) is 7.57. The zero-order valence-electron chi connectivity index (χ0n) is 13.1. The molecule has 0 spiro atoms. The van der Waals surface area contributed by atoms with Gasteiger partial charge in [-0.15, -0.1) is 11.3 Å². The number of hydrogen-bond donors (Lipinski definition) is 1. The molecule has 23 heavy (non-hydrogen) atoms. The van der Waals surface area contributed by atoms with Crippen LogP contribution >= 0.6 is 22.9 Å². The molecule has 7 heteroatoms. The maximum atomic E-state index is 12.2. The van der Waals surface area contributed by atoms with Crippen molar-refractivity contribution in [3.63, 3.8) is 0 Å². The molecule has 1 N–H and O–H groups in total. The van der Waals surface area contributed by atoms with E-state index in [2.05, 4.69) is 10.3 Å². The molecule has 0 aliphatic carbocycles. The smallest absolute Gasteiger partial charge is 0.342 e. The molecular weight excluding hydrogens is 336 g/mol. The van der Waals surface area contributed by atoms with Crippen LogP contribution in [0.1, 0.15) is 33.4 Å². The Kier molecular flexibility index (Phi) is 5.74. The summed E-state index contributed by atoms with van der Waals surface area (Å²) in [5.74, 6) is -1.01. The van der Waals surface area contributed by atoms with Crippen LogP contribution in [0.4, 0.5) is 0 Å². The van der Waals surface area contributed by atoms with Gasteiger partial charge in [-0.3, -0.25) is 4.79 Å². The number of hydrogen-bond acceptors (Lipinski definition) is 5. The molecule has 122 valence electrons. The summed E-state index contributed by atoms with van der Waals surface area (Å²) < 4.78 is 5.20. The van der Waals surface area contributed by atoms with Crippen molar-refractivity contribution >= 4 is 34.8 Å².